The minimum atomic E-state index is -0.278. The molecule has 96 valence electrons. The Morgan fingerprint density at radius 3 is 2.94 bits per heavy atom. The van der Waals surface area contributed by atoms with E-state index in [0.29, 0.717) is 0 Å². The van der Waals surface area contributed by atoms with Crippen LogP contribution in [0.15, 0.2) is 22.3 Å². The fourth-order valence-electron chi connectivity index (χ4n) is 2.78. The summed E-state index contributed by atoms with van der Waals surface area (Å²) in [6.07, 6.45) is 6.21. The summed E-state index contributed by atoms with van der Waals surface area (Å²) in [5.41, 5.74) is 2.63. The van der Waals surface area contributed by atoms with Gasteiger partial charge in [-0.25, -0.2) is 0 Å². The number of hydrogen-bond acceptors (Lipinski definition) is 3. The zero-order valence-corrected chi connectivity index (χ0v) is 11.1. The van der Waals surface area contributed by atoms with Crippen LogP contribution in [0.1, 0.15) is 48.4 Å². The van der Waals surface area contributed by atoms with E-state index in [1.165, 1.54) is 5.57 Å². The number of fused-ring (bicyclic) bond motifs is 2. The Morgan fingerprint density at radius 1 is 1.39 bits per heavy atom. The zero-order chi connectivity index (χ0) is 12.9. The van der Waals surface area contributed by atoms with Crippen LogP contribution in [0.2, 0.25) is 0 Å². The van der Waals surface area contributed by atoms with Gasteiger partial charge < -0.3 is 9.15 Å². The predicted octanol–water partition coefficient (Wildman–Crippen LogP) is 3.21. The Balaban J connectivity index is 2.05. The van der Waals surface area contributed by atoms with Gasteiger partial charge in [-0.3, -0.25) is 4.79 Å². The van der Waals surface area contributed by atoms with Gasteiger partial charge in [0.05, 0.1) is 11.8 Å². The molecular formula is C15H18O3. The number of hydrogen-bond donors (Lipinski definition) is 0. The number of aryl methyl sites for hydroxylation is 1. The highest BCUT2D eigenvalue weighted by Gasteiger charge is 2.56. The Labute approximate surface area is 107 Å². The summed E-state index contributed by atoms with van der Waals surface area (Å²) in [5, 5.41) is 0. The number of ether oxygens (including phenoxy) is 1. The molecule has 0 saturated carbocycles. The van der Waals surface area contributed by atoms with Gasteiger partial charge in [-0.05, 0) is 39.2 Å². The van der Waals surface area contributed by atoms with Crippen molar-refractivity contribution in [3.63, 3.8) is 0 Å². The maximum Gasteiger partial charge on any atom is 0.198 e. The molecule has 3 heteroatoms. The van der Waals surface area contributed by atoms with Crippen molar-refractivity contribution in [3.05, 3.63) is 34.8 Å². The summed E-state index contributed by atoms with van der Waals surface area (Å²) in [6, 6.07) is 0. The van der Waals surface area contributed by atoms with Gasteiger partial charge in [-0.1, -0.05) is 11.6 Å². The van der Waals surface area contributed by atoms with E-state index in [0.717, 1.165) is 36.1 Å². The molecule has 3 nitrogen and oxygen atoms in total. The predicted molar refractivity (Wildman–Crippen MR) is 67.7 cm³/mol. The van der Waals surface area contributed by atoms with Crippen LogP contribution in [0.25, 0.3) is 0 Å². The van der Waals surface area contributed by atoms with Crippen molar-refractivity contribution in [2.45, 2.75) is 51.7 Å². The normalized spacial score (nSPS) is 34.3. The third-order valence-corrected chi connectivity index (χ3v) is 3.99. The van der Waals surface area contributed by atoms with Gasteiger partial charge in [0.25, 0.3) is 0 Å². The van der Waals surface area contributed by atoms with Crippen molar-refractivity contribution in [2.24, 2.45) is 0 Å². The van der Waals surface area contributed by atoms with Crippen LogP contribution in [0.3, 0.4) is 0 Å². The van der Waals surface area contributed by atoms with Gasteiger partial charge in [-0.2, -0.15) is 0 Å². The number of furan rings is 1. The summed E-state index contributed by atoms with van der Waals surface area (Å²) >= 11 is 0. The van der Waals surface area contributed by atoms with E-state index in [1.807, 2.05) is 13.8 Å². The number of epoxide rings is 1. The number of carbonyl (C=O) groups is 1. The molecule has 0 N–H and O–H groups in total. The molecule has 1 aliphatic carbocycles. The Morgan fingerprint density at radius 2 is 2.17 bits per heavy atom. The molecule has 0 aromatic carbocycles. The van der Waals surface area contributed by atoms with Crippen LogP contribution in [-0.4, -0.2) is 17.5 Å². The van der Waals surface area contributed by atoms with Crippen molar-refractivity contribution in [3.8, 4) is 0 Å². The van der Waals surface area contributed by atoms with E-state index < -0.39 is 0 Å². The number of Topliss-reactive ketones (excluding diaryl/α,β-unsaturated/α-hetero) is 1. The third-order valence-electron chi connectivity index (χ3n) is 3.99. The van der Waals surface area contributed by atoms with Crippen LogP contribution in [0, 0.1) is 6.92 Å². The van der Waals surface area contributed by atoms with E-state index in [4.69, 9.17) is 9.15 Å². The average molecular weight is 246 g/mol. The Kier molecular flexibility index (Phi) is 2.49. The second kappa shape index (κ2) is 3.82. The van der Waals surface area contributed by atoms with Crippen LogP contribution in [0.5, 0.6) is 0 Å². The second-order valence-corrected chi connectivity index (χ2v) is 5.66. The molecule has 2 atom stereocenters. The first-order valence-electron chi connectivity index (χ1n) is 6.46. The molecule has 0 spiro atoms. The molecule has 1 fully saturated rings. The molecule has 3 rings (SSSR count). The van der Waals surface area contributed by atoms with Crippen LogP contribution in [0.4, 0.5) is 0 Å². The molecule has 0 amide bonds. The van der Waals surface area contributed by atoms with Crippen LogP contribution < -0.4 is 0 Å². The smallest absolute Gasteiger partial charge is 0.198 e. The van der Waals surface area contributed by atoms with Gasteiger partial charge >= 0.3 is 0 Å². The third kappa shape index (κ3) is 1.74. The summed E-state index contributed by atoms with van der Waals surface area (Å²) in [4.78, 5) is 12.5. The minimum absolute atomic E-state index is 0.0912. The van der Waals surface area contributed by atoms with E-state index in [-0.39, 0.29) is 17.5 Å². The van der Waals surface area contributed by atoms with Gasteiger partial charge in [-0.15, -0.1) is 0 Å². The molecule has 18 heavy (non-hydrogen) atoms. The standard InChI is InChI=1S/C15H18O3/c1-9-5-4-6-15(3)14(18-15)13(16)12-10(2)8-17-11(12)7-9/h5,8,14H,4,6-7H2,1-3H3/b9-5-. The fraction of sp³-hybridized carbons (Fsp3) is 0.533. The summed E-state index contributed by atoms with van der Waals surface area (Å²) in [6.45, 7) is 6.03. The van der Waals surface area contributed by atoms with Crippen LogP contribution >= 0.6 is 0 Å². The summed E-state index contributed by atoms with van der Waals surface area (Å²) < 4.78 is 11.2. The topological polar surface area (TPSA) is 42.7 Å². The second-order valence-electron chi connectivity index (χ2n) is 5.66. The monoisotopic (exact) mass is 246 g/mol. The summed E-state index contributed by atoms with van der Waals surface area (Å²) in [7, 11) is 0. The Hall–Kier alpha value is -1.35. The zero-order valence-electron chi connectivity index (χ0n) is 11.1. The molecule has 2 aliphatic rings. The largest absolute Gasteiger partial charge is 0.468 e. The van der Waals surface area contributed by atoms with Crippen molar-refractivity contribution < 1.29 is 13.9 Å². The lowest BCUT2D eigenvalue weighted by atomic mass is 9.91. The summed E-state index contributed by atoms with van der Waals surface area (Å²) in [5.74, 6) is 0.874. The molecule has 0 bridgehead atoms. The van der Waals surface area contributed by atoms with Crippen molar-refractivity contribution in [2.75, 3.05) is 0 Å². The maximum absolute atomic E-state index is 12.5. The van der Waals surface area contributed by atoms with E-state index in [2.05, 4.69) is 13.0 Å². The van der Waals surface area contributed by atoms with Crippen molar-refractivity contribution in [1.82, 2.24) is 0 Å². The SMILES string of the molecule is C/C1=C/CCC2(C)OC2C(=O)c2c(C)coc2C1. The van der Waals surface area contributed by atoms with Gasteiger partial charge in [0, 0.05) is 6.42 Å². The first kappa shape index (κ1) is 11.7. The number of rotatable bonds is 0. The van der Waals surface area contributed by atoms with Crippen molar-refractivity contribution >= 4 is 5.78 Å². The fourth-order valence-corrected chi connectivity index (χ4v) is 2.78. The van der Waals surface area contributed by atoms with E-state index in [1.54, 1.807) is 6.26 Å². The minimum Gasteiger partial charge on any atom is -0.468 e. The number of carbonyl (C=O) groups excluding carboxylic acids is 1. The first-order valence-corrected chi connectivity index (χ1v) is 6.46. The molecule has 1 aromatic rings. The molecular weight excluding hydrogens is 228 g/mol. The molecule has 1 aliphatic heterocycles. The molecule has 2 unspecified atom stereocenters. The average Bonchev–Trinajstić information content (AvgIpc) is 2.84. The highest BCUT2D eigenvalue weighted by atomic mass is 16.6. The lowest BCUT2D eigenvalue weighted by molar-refractivity contribution is 0.0951. The first-order chi connectivity index (χ1) is 8.51. The molecule has 2 heterocycles. The quantitative estimate of drug-likeness (QED) is 0.521. The number of ketones is 1. The van der Waals surface area contributed by atoms with Gasteiger partial charge in [0.1, 0.15) is 17.5 Å². The molecule has 1 aromatic heterocycles. The highest BCUT2D eigenvalue weighted by molar-refractivity contribution is 6.04. The maximum atomic E-state index is 12.5. The van der Waals surface area contributed by atoms with Gasteiger partial charge in [0.2, 0.25) is 0 Å². The number of allylic oxidation sites excluding steroid dienone is 2. The lowest BCUT2D eigenvalue weighted by Gasteiger charge is -2.08. The highest BCUT2D eigenvalue weighted by Crippen LogP contribution is 2.43. The van der Waals surface area contributed by atoms with Crippen molar-refractivity contribution in [1.29, 1.82) is 0 Å². The van der Waals surface area contributed by atoms with E-state index >= 15 is 0 Å². The lowest BCUT2D eigenvalue weighted by Crippen LogP contribution is -2.20. The van der Waals surface area contributed by atoms with Gasteiger partial charge in [0.15, 0.2) is 5.78 Å². The Bertz CT molecular complexity index is 538. The van der Waals surface area contributed by atoms with Crippen LogP contribution in [-0.2, 0) is 11.2 Å². The van der Waals surface area contributed by atoms with E-state index in [9.17, 15) is 4.79 Å². The molecule has 0 radical (unpaired) electrons. The molecule has 1 saturated heterocycles.